The minimum absolute atomic E-state index is 0.104. The summed E-state index contributed by atoms with van der Waals surface area (Å²) in [7, 11) is 0. The highest BCUT2D eigenvalue weighted by Crippen LogP contribution is 2.48. The second kappa shape index (κ2) is 3.08. The van der Waals surface area contributed by atoms with Crippen LogP contribution in [0.5, 0.6) is 0 Å². The van der Waals surface area contributed by atoms with Gasteiger partial charge in [-0.05, 0) is 37.0 Å². The second-order valence-corrected chi connectivity index (χ2v) is 4.36. The van der Waals surface area contributed by atoms with Crippen LogP contribution in [-0.2, 0) is 4.79 Å². The maximum absolute atomic E-state index is 10.8. The minimum atomic E-state index is -0.104. The zero-order chi connectivity index (χ0) is 8.55. The smallest absolute Gasteiger partial charge is 0.217 e. The van der Waals surface area contributed by atoms with Gasteiger partial charge in [-0.3, -0.25) is 4.79 Å². The number of fused-ring (bicyclic) bond motifs is 1. The Morgan fingerprint density at radius 2 is 2.08 bits per heavy atom. The lowest BCUT2D eigenvalue weighted by Crippen LogP contribution is -2.19. The summed E-state index contributed by atoms with van der Waals surface area (Å²) in [5.74, 6) is 2.31. The van der Waals surface area contributed by atoms with Gasteiger partial charge in [0.15, 0.2) is 0 Å². The van der Waals surface area contributed by atoms with Crippen LogP contribution >= 0.6 is 0 Å². The van der Waals surface area contributed by atoms with E-state index in [4.69, 9.17) is 5.73 Å². The first kappa shape index (κ1) is 8.09. The van der Waals surface area contributed by atoms with Gasteiger partial charge in [0.2, 0.25) is 5.91 Å². The minimum Gasteiger partial charge on any atom is -0.370 e. The third kappa shape index (κ3) is 1.35. The lowest BCUT2D eigenvalue weighted by atomic mass is 9.89. The van der Waals surface area contributed by atoms with Gasteiger partial charge in [-0.25, -0.2) is 0 Å². The van der Waals surface area contributed by atoms with Crippen LogP contribution in [0.25, 0.3) is 0 Å². The SMILES string of the molecule is NC(=O)C[C@@H]1CC[C@@H]2CCC[C@H]21. The summed E-state index contributed by atoms with van der Waals surface area (Å²) in [6.45, 7) is 0. The third-order valence-electron chi connectivity index (χ3n) is 3.69. The normalized spacial score (nSPS) is 39.8. The molecule has 0 bridgehead atoms. The van der Waals surface area contributed by atoms with Crippen LogP contribution in [0.15, 0.2) is 0 Å². The van der Waals surface area contributed by atoms with Crippen LogP contribution in [-0.4, -0.2) is 5.91 Å². The number of carbonyl (C=O) groups excluding carboxylic acids is 1. The van der Waals surface area contributed by atoms with Gasteiger partial charge < -0.3 is 5.73 Å². The predicted molar refractivity (Wildman–Crippen MR) is 47.4 cm³/mol. The van der Waals surface area contributed by atoms with Crippen molar-refractivity contribution in [3.05, 3.63) is 0 Å². The van der Waals surface area contributed by atoms with E-state index in [9.17, 15) is 4.79 Å². The average Bonchev–Trinajstić information content (AvgIpc) is 2.52. The van der Waals surface area contributed by atoms with Gasteiger partial charge in [-0.2, -0.15) is 0 Å². The maximum atomic E-state index is 10.8. The average molecular weight is 167 g/mol. The van der Waals surface area contributed by atoms with Crippen LogP contribution in [0.4, 0.5) is 0 Å². The largest absolute Gasteiger partial charge is 0.370 e. The fourth-order valence-corrected chi connectivity index (χ4v) is 3.20. The Hall–Kier alpha value is -0.530. The van der Waals surface area contributed by atoms with Crippen LogP contribution in [0.2, 0.25) is 0 Å². The van der Waals surface area contributed by atoms with E-state index in [0.29, 0.717) is 12.3 Å². The van der Waals surface area contributed by atoms with Crippen molar-refractivity contribution in [1.82, 2.24) is 0 Å². The standard InChI is InChI=1S/C10H17NO/c11-10(12)6-8-5-4-7-2-1-3-9(7)8/h7-9H,1-6H2,(H2,11,12)/t7-,8-,9+/m0/s1. The molecule has 12 heavy (non-hydrogen) atoms. The molecule has 3 atom stereocenters. The molecule has 0 heterocycles. The van der Waals surface area contributed by atoms with E-state index in [1.165, 1.54) is 32.1 Å². The molecule has 2 fully saturated rings. The number of rotatable bonds is 2. The number of nitrogens with two attached hydrogens (primary N) is 1. The van der Waals surface area contributed by atoms with E-state index in [-0.39, 0.29) is 5.91 Å². The molecule has 2 saturated carbocycles. The lowest BCUT2D eigenvalue weighted by molar-refractivity contribution is -0.119. The molecule has 2 aliphatic carbocycles. The molecule has 1 amide bonds. The Balaban J connectivity index is 1.95. The van der Waals surface area contributed by atoms with Crippen molar-refractivity contribution in [3.8, 4) is 0 Å². The van der Waals surface area contributed by atoms with Crippen molar-refractivity contribution < 1.29 is 4.79 Å². The molecule has 0 aliphatic heterocycles. The third-order valence-corrected chi connectivity index (χ3v) is 3.69. The Kier molecular flexibility index (Phi) is 2.07. The fraction of sp³-hybridized carbons (Fsp3) is 0.900. The number of primary amides is 1. The molecule has 0 aromatic heterocycles. The summed E-state index contributed by atoms with van der Waals surface area (Å²) >= 11 is 0. The van der Waals surface area contributed by atoms with Crippen molar-refractivity contribution >= 4 is 5.91 Å². The summed E-state index contributed by atoms with van der Waals surface area (Å²) in [5, 5.41) is 0. The van der Waals surface area contributed by atoms with E-state index in [1.807, 2.05) is 0 Å². The van der Waals surface area contributed by atoms with Crippen molar-refractivity contribution in [2.75, 3.05) is 0 Å². The van der Waals surface area contributed by atoms with Gasteiger partial charge in [0, 0.05) is 6.42 Å². The van der Waals surface area contributed by atoms with Gasteiger partial charge in [-0.1, -0.05) is 12.8 Å². The maximum Gasteiger partial charge on any atom is 0.217 e. The van der Waals surface area contributed by atoms with E-state index < -0.39 is 0 Å². The first-order valence-corrected chi connectivity index (χ1v) is 5.05. The molecule has 2 rings (SSSR count). The first-order valence-electron chi connectivity index (χ1n) is 5.05. The van der Waals surface area contributed by atoms with E-state index in [0.717, 1.165) is 11.8 Å². The summed E-state index contributed by atoms with van der Waals surface area (Å²) < 4.78 is 0. The zero-order valence-electron chi connectivity index (χ0n) is 7.46. The lowest BCUT2D eigenvalue weighted by Gasteiger charge is -2.16. The Morgan fingerprint density at radius 1 is 1.25 bits per heavy atom. The molecular weight excluding hydrogens is 150 g/mol. The van der Waals surface area contributed by atoms with Crippen molar-refractivity contribution in [3.63, 3.8) is 0 Å². The molecule has 0 aromatic rings. The van der Waals surface area contributed by atoms with Gasteiger partial charge in [-0.15, -0.1) is 0 Å². The molecule has 2 N–H and O–H groups in total. The zero-order valence-corrected chi connectivity index (χ0v) is 7.46. The summed E-state index contributed by atoms with van der Waals surface area (Å²) in [4.78, 5) is 10.8. The molecule has 0 spiro atoms. The molecular formula is C10H17NO. The van der Waals surface area contributed by atoms with E-state index in [2.05, 4.69) is 0 Å². The highest BCUT2D eigenvalue weighted by Gasteiger charge is 2.39. The van der Waals surface area contributed by atoms with E-state index >= 15 is 0 Å². The van der Waals surface area contributed by atoms with Crippen LogP contribution in [0.3, 0.4) is 0 Å². The number of hydrogen-bond donors (Lipinski definition) is 1. The quantitative estimate of drug-likeness (QED) is 0.668. The molecule has 0 unspecified atom stereocenters. The summed E-state index contributed by atoms with van der Waals surface area (Å²) in [6.07, 6.45) is 7.37. The molecule has 0 saturated heterocycles. The van der Waals surface area contributed by atoms with Crippen LogP contribution in [0, 0.1) is 17.8 Å². The predicted octanol–water partition coefficient (Wildman–Crippen LogP) is 1.69. The highest BCUT2D eigenvalue weighted by atomic mass is 16.1. The van der Waals surface area contributed by atoms with Gasteiger partial charge in [0.1, 0.15) is 0 Å². The highest BCUT2D eigenvalue weighted by molar-refractivity contribution is 5.74. The molecule has 2 nitrogen and oxygen atoms in total. The van der Waals surface area contributed by atoms with Crippen molar-refractivity contribution in [2.45, 2.75) is 38.5 Å². The molecule has 0 aromatic carbocycles. The Labute approximate surface area is 73.5 Å². The van der Waals surface area contributed by atoms with Gasteiger partial charge in [0.25, 0.3) is 0 Å². The van der Waals surface area contributed by atoms with Crippen molar-refractivity contribution in [2.24, 2.45) is 23.5 Å². The Morgan fingerprint density at radius 3 is 2.83 bits per heavy atom. The van der Waals surface area contributed by atoms with Gasteiger partial charge >= 0.3 is 0 Å². The van der Waals surface area contributed by atoms with Gasteiger partial charge in [0.05, 0.1) is 0 Å². The Bertz CT molecular complexity index is 190. The molecule has 2 heteroatoms. The summed E-state index contributed by atoms with van der Waals surface area (Å²) in [5.41, 5.74) is 5.22. The summed E-state index contributed by atoms with van der Waals surface area (Å²) in [6, 6.07) is 0. The molecule has 2 aliphatic rings. The molecule has 0 radical (unpaired) electrons. The second-order valence-electron chi connectivity index (χ2n) is 4.36. The van der Waals surface area contributed by atoms with Crippen LogP contribution in [0.1, 0.15) is 38.5 Å². The van der Waals surface area contributed by atoms with E-state index in [1.54, 1.807) is 0 Å². The topological polar surface area (TPSA) is 43.1 Å². The molecule has 68 valence electrons. The first-order chi connectivity index (χ1) is 5.77. The number of carbonyl (C=O) groups is 1. The fourth-order valence-electron chi connectivity index (χ4n) is 3.20. The van der Waals surface area contributed by atoms with Crippen molar-refractivity contribution in [1.29, 1.82) is 0 Å². The number of hydrogen-bond acceptors (Lipinski definition) is 1. The monoisotopic (exact) mass is 167 g/mol. The van der Waals surface area contributed by atoms with Crippen LogP contribution < -0.4 is 5.73 Å². The number of amides is 1.